The van der Waals surface area contributed by atoms with Crippen LogP contribution in [-0.2, 0) is 0 Å². The smallest absolute Gasteiger partial charge is 0.0747 e. The molecule has 0 spiro atoms. The average molecular weight is 221 g/mol. The van der Waals surface area contributed by atoms with E-state index >= 15 is 0 Å². The fourth-order valence-electron chi connectivity index (χ4n) is 1.53. The molecule has 0 atom stereocenters. The molecule has 1 fully saturated rings. The van der Waals surface area contributed by atoms with Crippen molar-refractivity contribution in [1.29, 1.82) is 5.26 Å². The SMILES string of the molecule is Cc1ccc(Cl)cc1NCC1(C#N)CC1. The van der Waals surface area contributed by atoms with Crippen LogP contribution in [0, 0.1) is 23.7 Å². The van der Waals surface area contributed by atoms with Gasteiger partial charge < -0.3 is 5.32 Å². The van der Waals surface area contributed by atoms with E-state index in [2.05, 4.69) is 11.4 Å². The zero-order valence-electron chi connectivity index (χ0n) is 8.68. The lowest BCUT2D eigenvalue weighted by atomic mass is 10.1. The number of aryl methyl sites for hydroxylation is 1. The zero-order chi connectivity index (χ0) is 10.9. The molecule has 1 aromatic carbocycles. The fourth-order valence-corrected chi connectivity index (χ4v) is 1.70. The summed E-state index contributed by atoms with van der Waals surface area (Å²) in [5.41, 5.74) is 2.08. The minimum Gasteiger partial charge on any atom is -0.383 e. The van der Waals surface area contributed by atoms with Crippen LogP contribution in [0.25, 0.3) is 0 Å². The van der Waals surface area contributed by atoms with Crippen molar-refractivity contribution in [3.63, 3.8) is 0 Å². The van der Waals surface area contributed by atoms with Gasteiger partial charge in [-0.25, -0.2) is 0 Å². The third-order valence-electron chi connectivity index (χ3n) is 2.91. The standard InChI is InChI=1S/C12H13ClN2/c1-9-2-3-10(13)6-11(9)15-8-12(7-14)4-5-12/h2-3,6,15H,4-5,8H2,1H3. The first-order valence-electron chi connectivity index (χ1n) is 5.06. The van der Waals surface area contributed by atoms with E-state index in [0.717, 1.165) is 35.7 Å². The van der Waals surface area contributed by atoms with E-state index < -0.39 is 0 Å². The Kier molecular flexibility index (Phi) is 2.58. The predicted octanol–water partition coefficient (Wildman–Crippen LogP) is 3.36. The Balaban J connectivity index is 2.05. The summed E-state index contributed by atoms with van der Waals surface area (Å²) < 4.78 is 0. The lowest BCUT2D eigenvalue weighted by Gasteiger charge is -2.12. The lowest BCUT2D eigenvalue weighted by molar-refractivity contribution is 0.711. The van der Waals surface area contributed by atoms with Gasteiger partial charge in [-0.05, 0) is 37.5 Å². The van der Waals surface area contributed by atoms with Gasteiger partial charge in [0, 0.05) is 17.3 Å². The molecule has 3 heteroatoms. The summed E-state index contributed by atoms with van der Waals surface area (Å²) in [6.45, 7) is 2.76. The number of nitrogens with zero attached hydrogens (tertiary/aromatic N) is 1. The average Bonchev–Trinajstić information content (AvgIpc) is 3.00. The van der Waals surface area contributed by atoms with E-state index in [0.29, 0.717) is 0 Å². The molecule has 1 aliphatic carbocycles. The first-order chi connectivity index (χ1) is 7.15. The summed E-state index contributed by atoms with van der Waals surface area (Å²) in [6, 6.07) is 8.13. The molecule has 1 saturated carbocycles. The molecule has 0 unspecified atom stereocenters. The third-order valence-corrected chi connectivity index (χ3v) is 3.14. The molecule has 0 amide bonds. The second kappa shape index (κ2) is 3.75. The van der Waals surface area contributed by atoms with E-state index in [1.807, 2.05) is 25.1 Å². The fraction of sp³-hybridized carbons (Fsp3) is 0.417. The summed E-state index contributed by atoms with van der Waals surface area (Å²) in [4.78, 5) is 0. The van der Waals surface area contributed by atoms with Gasteiger partial charge in [0.15, 0.2) is 0 Å². The van der Waals surface area contributed by atoms with Crippen molar-refractivity contribution in [3.05, 3.63) is 28.8 Å². The summed E-state index contributed by atoms with van der Waals surface area (Å²) in [7, 11) is 0. The second-order valence-electron chi connectivity index (χ2n) is 4.20. The normalized spacial score (nSPS) is 16.9. The molecule has 0 radical (unpaired) electrons. The Morgan fingerprint density at radius 2 is 2.27 bits per heavy atom. The number of nitriles is 1. The molecular formula is C12H13ClN2. The van der Waals surface area contributed by atoms with Gasteiger partial charge in [0.25, 0.3) is 0 Å². The van der Waals surface area contributed by atoms with Gasteiger partial charge >= 0.3 is 0 Å². The molecule has 2 rings (SSSR count). The van der Waals surface area contributed by atoms with Crippen LogP contribution in [0.1, 0.15) is 18.4 Å². The summed E-state index contributed by atoms with van der Waals surface area (Å²) in [5.74, 6) is 0. The van der Waals surface area contributed by atoms with Crippen LogP contribution >= 0.6 is 11.6 Å². The maximum atomic E-state index is 8.94. The van der Waals surface area contributed by atoms with Crippen molar-refractivity contribution in [2.75, 3.05) is 11.9 Å². The molecule has 15 heavy (non-hydrogen) atoms. The van der Waals surface area contributed by atoms with Gasteiger partial charge in [-0.2, -0.15) is 5.26 Å². The molecule has 0 saturated heterocycles. The Bertz CT molecular complexity index is 416. The number of halogens is 1. The van der Waals surface area contributed by atoms with Crippen LogP contribution in [0.5, 0.6) is 0 Å². The van der Waals surface area contributed by atoms with Gasteiger partial charge in [-0.15, -0.1) is 0 Å². The molecule has 0 bridgehead atoms. The van der Waals surface area contributed by atoms with Crippen molar-refractivity contribution >= 4 is 17.3 Å². The topological polar surface area (TPSA) is 35.8 Å². The summed E-state index contributed by atoms with van der Waals surface area (Å²) >= 11 is 5.91. The van der Waals surface area contributed by atoms with Gasteiger partial charge in [-0.1, -0.05) is 17.7 Å². The van der Waals surface area contributed by atoms with E-state index in [1.54, 1.807) is 0 Å². The first-order valence-corrected chi connectivity index (χ1v) is 5.44. The highest BCUT2D eigenvalue weighted by Crippen LogP contribution is 2.44. The number of nitrogens with one attached hydrogen (secondary N) is 1. The number of rotatable bonds is 3. The van der Waals surface area contributed by atoms with E-state index in [9.17, 15) is 0 Å². The lowest BCUT2D eigenvalue weighted by Crippen LogP contribution is -2.13. The van der Waals surface area contributed by atoms with Crippen LogP contribution < -0.4 is 5.32 Å². The van der Waals surface area contributed by atoms with E-state index in [1.165, 1.54) is 0 Å². The van der Waals surface area contributed by atoms with E-state index in [4.69, 9.17) is 16.9 Å². The molecular weight excluding hydrogens is 208 g/mol. The van der Waals surface area contributed by atoms with Crippen LogP contribution in [0.3, 0.4) is 0 Å². The van der Waals surface area contributed by atoms with Crippen LogP contribution in [0.15, 0.2) is 18.2 Å². The quantitative estimate of drug-likeness (QED) is 0.848. The molecule has 2 nitrogen and oxygen atoms in total. The number of hydrogen-bond acceptors (Lipinski definition) is 2. The van der Waals surface area contributed by atoms with Crippen LogP contribution in [0.2, 0.25) is 5.02 Å². The molecule has 0 aromatic heterocycles. The van der Waals surface area contributed by atoms with Crippen LogP contribution in [0.4, 0.5) is 5.69 Å². The Morgan fingerprint density at radius 1 is 1.53 bits per heavy atom. The van der Waals surface area contributed by atoms with Gasteiger partial charge in [0.1, 0.15) is 0 Å². The maximum absolute atomic E-state index is 8.94. The van der Waals surface area contributed by atoms with Crippen molar-refractivity contribution in [3.8, 4) is 6.07 Å². The molecule has 1 N–H and O–H groups in total. The predicted molar refractivity (Wildman–Crippen MR) is 62.0 cm³/mol. The van der Waals surface area contributed by atoms with Crippen LogP contribution in [-0.4, -0.2) is 6.54 Å². The van der Waals surface area contributed by atoms with Crippen molar-refractivity contribution in [2.45, 2.75) is 19.8 Å². The van der Waals surface area contributed by atoms with Gasteiger partial charge in [0.05, 0.1) is 11.5 Å². The highest BCUT2D eigenvalue weighted by molar-refractivity contribution is 6.30. The molecule has 0 heterocycles. The van der Waals surface area contributed by atoms with Crippen molar-refractivity contribution < 1.29 is 0 Å². The first kappa shape index (κ1) is 10.3. The van der Waals surface area contributed by atoms with Crippen molar-refractivity contribution in [1.82, 2.24) is 0 Å². The zero-order valence-corrected chi connectivity index (χ0v) is 9.43. The van der Waals surface area contributed by atoms with Gasteiger partial charge in [0.2, 0.25) is 0 Å². The molecule has 0 aliphatic heterocycles. The van der Waals surface area contributed by atoms with Crippen molar-refractivity contribution in [2.24, 2.45) is 5.41 Å². The highest BCUT2D eigenvalue weighted by Gasteiger charge is 2.42. The third kappa shape index (κ3) is 2.24. The molecule has 1 aromatic rings. The monoisotopic (exact) mass is 220 g/mol. The largest absolute Gasteiger partial charge is 0.383 e. The minimum atomic E-state index is -0.116. The summed E-state index contributed by atoms with van der Waals surface area (Å²) in [5, 5.41) is 13.0. The summed E-state index contributed by atoms with van der Waals surface area (Å²) in [6.07, 6.45) is 2.02. The molecule has 78 valence electrons. The number of anilines is 1. The van der Waals surface area contributed by atoms with Gasteiger partial charge in [-0.3, -0.25) is 0 Å². The Labute approximate surface area is 94.9 Å². The Hall–Kier alpha value is -1.20. The maximum Gasteiger partial charge on any atom is 0.0747 e. The second-order valence-corrected chi connectivity index (χ2v) is 4.64. The molecule has 1 aliphatic rings. The van der Waals surface area contributed by atoms with E-state index in [-0.39, 0.29) is 5.41 Å². The Morgan fingerprint density at radius 3 is 2.87 bits per heavy atom. The number of benzene rings is 1. The minimum absolute atomic E-state index is 0.116. The highest BCUT2D eigenvalue weighted by atomic mass is 35.5. The number of hydrogen-bond donors (Lipinski definition) is 1.